The maximum absolute atomic E-state index is 11.8. The zero-order valence-corrected chi connectivity index (χ0v) is 28.2. The van der Waals surface area contributed by atoms with Crippen LogP contribution in [0.4, 0.5) is 0 Å². The minimum atomic E-state index is 0. The van der Waals surface area contributed by atoms with Crippen molar-refractivity contribution in [1.29, 1.82) is 0 Å². The average Bonchev–Trinajstić information content (AvgIpc) is 3.68. The summed E-state index contributed by atoms with van der Waals surface area (Å²) in [5.74, 6) is 2.54. The third kappa shape index (κ3) is 9.08. The number of fused-ring (bicyclic) bond motifs is 1. The number of allylic oxidation sites excluding steroid dienone is 2. The number of aromatic nitrogens is 2. The van der Waals surface area contributed by atoms with Gasteiger partial charge in [-0.05, 0) is 75.0 Å². The van der Waals surface area contributed by atoms with Gasteiger partial charge in [0.2, 0.25) is 0 Å². The van der Waals surface area contributed by atoms with Crippen molar-refractivity contribution in [2.24, 2.45) is 17.8 Å². The summed E-state index contributed by atoms with van der Waals surface area (Å²) in [6.45, 7) is 8.63. The smallest absolute Gasteiger partial charge is 0.162 e. The Bertz CT molecular complexity index is 1370. The van der Waals surface area contributed by atoms with Gasteiger partial charge in [0.25, 0.3) is 0 Å². The SMILES string of the molecule is C.Cc1[c-]c(-c2nc3cc(C4CCC(C)CC4)ccc3nc2C)cc(C)c1.O=C(C=C(O)C1CCCC1)C1CCCC1.[Ir]. The van der Waals surface area contributed by atoms with Gasteiger partial charge in [0.1, 0.15) is 0 Å². The second kappa shape index (κ2) is 16.1. The second-order valence-electron chi connectivity index (χ2n) is 13.1. The molecule has 1 radical (unpaired) electrons. The molecule has 3 saturated carbocycles. The first-order valence-corrected chi connectivity index (χ1v) is 16.0. The molecule has 0 atom stereocenters. The van der Waals surface area contributed by atoms with Gasteiger partial charge in [0.15, 0.2) is 5.78 Å². The van der Waals surface area contributed by atoms with Gasteiger partial charge in [0.05, 0.1) is 16.8 Å². The van der Waals surface area contributed by atoms with Crippen molar-refractivity contribution in [1.82, 2.24) is 9.97 Å². The third-order valence-corrected chi connectivity index (χ3v) is 9.57. The molecule has 0 saturated heterocycles. The topological polar surface area (TPSA) is 63.1 Å². The molecule has 1 aromatic heterocycles. The normalized spacial score (nSPS) is 21.1. The van der Waals surface area contributed by atoms with Crippen LogP contribution in [0.15, 0.2) is 42.2 Å². The van der Waals surface area contributed by atoms with Crippen LogP contribution < -0.4 is 0 Å². The molecule has 43 heavy (non-hydrogen) atoms. The van der Waals surface area contributed by atoms with Gasteiger partial charge < -0.3 is 5.11 Å². The predicted octanol–water partition coefficient (Wildman–Crippen LogP) is 10.3. The number of aryl methyl sites for hydroxylation is 3. The number of rotatable bonds is 5. The molecule has 1 heterocycles. The van der Waals surface area contributed by atoms with Crippen molar-refractivity contribution < 1.29 is 30.0 Å². The molecule has 0 spiro atoms. The summed E-state index contributed by atoms with van der Waals surface area (Å²) in [4.78, 5) is 21.6. The van der Waals surface area contributed by atoms with E-state index >= 15 is 0 Å². The maximum atomic E-state index is 11.8. The van der Waals surface area contributed by atoms with Crippen molar-refractivity contribution >= 4 is 16.8 Å². The van der Waals surface area contributed by atoms with E-state index in [2.05, 4.69) is 57.2 Å². The van der Waals surface area contributed by atoms with E-state index in [0.29, 0.717) is 11.7 Å². The van der Waals surface area contributed by atoms with Crippen LogP contribution in [-0.2, 0) is 24.9 Å². The molecule has 0 unspecified atom stereocenters. The van der Waals surface area contributed by atoms with E-state index in [-0.39, 0.29) is 45.2 Å². The Morgan fingerprint density at radius 3 is 2.09 bits per heavy atom. The fourth-order valence-corrected chi connectivity index (χ4v) is 7.10. The molecule has 5 heteroatoms. The van der Waals surface area contributed by atoms with Crippen LogP contribution in [0.2, 0.25) is 0 Å². The molecule has 3 aliphatic rings. The van der Waals surface area contributed by atoms with Crippen molar-refractivity contribution in [2.75, 3.05) is 0 Å². The number of aliphatic hydroxyl groups excluding tert-OH is 1. The van der Waals surface area contributed by atoms with Crippen LogP contribution in [0.1, 0.15) is 120 Å². The molecule has 0 bridgehead atoms. The van der Waals surface area contributed by atoms with Gasteiger partial charge in [-0.2, -0.15) is 0 Å². The molecule has 6 rings (SSSR count). The fraction of sp³-hybridized carbons (Fsp3) is 0.553. The first-order valence-electron chi connectivity index (χ1n) is 16.0. The van der Waals surface area contributed by atoms with Crippen LogP contribution in [0.25, 0.3) is 22.3 Å². The Morgan fingerprint density at radius 1 is 0.837 bits per heavy atom. The van der Waals surface area contributed by atoms with Crippen LogP contribution in [0.3, 0.4) is 0 Å². The number of aliphatic hydroxyl groups is 1. The number of carbonyl (C=O) groups excluding carboxylic acids is 1. The van der Waals surface area contributed by atoms with Crippen LogP contribution in [0.5, 0.6) is 0 Å². The monoisotopic (exact) mass is 760 g/mol. The summed E-state index contributed by atoms with van der Waals surface area (Å²) >= 11 is 0. The van der Waals surface area contributed by atoms with E-state index in [1.54, 1.807) is 0 Å². The van der Waals surface area contributed by atoms with Crippen molar-refractivity contribution in [2.45, 2.75) is 118 Å². The quantitative estimate of drug-likeness (QED) is 0.160. The molecule has 3 fully saturated rings. The molecule has 2 aromatic carbocycles. The largest absolute Gasteiger partial charge is 0.512 e. The number of benzene rings is 2. The summed E-state index contributed by atoms with van der Waals surface area (Å²) in [7, 11) is 0. The van der Waals surface area contributed by atoms with E-state index in [1.165, 1.54) is 68.6 Å². The van der Waals surface area contributed by atoms with E-state index in [9.17, 15) is 9.90 Å². The van der Waals surface area contributed by atoms with Crippen LogP contribution in [0, 0.1) is 44.6 Å². The van der Waals surface area contributed by atoms with E-state index in [0.717, 1.165) is 65.1 Å². The number of hydrogen-bond acceptors (Lipinski definition) is 4. The molecule has 0 amide bonds. The van der Waals surface area contributed by atoms with Crippen molar-refractivity contribution in [3.63, 3.8) is 0 Å². The van der Waals surface area contributed by atoms with Crippen LogP contribution >= 0.6 is 0 Å². The Kier molecular flexibility index (Phi) is 13.1. The molecule has 235 valence electrons. The maximum Gasteiger partial charge on any atom is 0.162 e. The molecule has 3 aliphatic carbocycles. The number of hydrogen-bond donors (Lipinski definition) is 1. The second-order valence-corrected chi connectivity index (χ2v) is 13.1. The molecule has 4 nitrogen and oxygen atoms in total. The first kappa shape index (κ1) is 35.1. The summed E-state index contributed by atoms with van der Waals surface area (Å²) in [6, 6.07) is 14.4. The number of nitrogens with zero attached hydrogens (tertiary/aromatic N) is 2. The van der Waals surface area contributed by atoms with Crippen molar-refractivity contribution in [3.05, 3.63) is 70.6 Å². The Labute approximate surface area is 273 Å². The van der Waals surface area contributed by atoms with Gasteiger partial charge >= 0.3 is 0 Å². The molecule has 3 aromatic rings. The zero-order valence-electron chi connectivity index (χ0n) is 25.8. The summed E-state index contributed by atoms with van der Waals surface area (Å²) in [6.07, 6.45) is 15.7. The fourth-order valence-electron chi connectivity index (χ4n) is 7.10. The summed E-state index contributed by atoms with van der Waals surface area (Å²) in [5.41, 5.74) is 8.78. The molecule has 0 aliphatic heterocycles. The minimum Gasteiger partial charge on any atom is -0.512 e. The third-order valence-electron chi connectivity index (χ3n) is 9.57. The van der Waals surface area contributed by atoms with Crippen LogP contribution in [-0.4, -0.2) is 20.9 Å². The first-order chi connectivity index (χ1) is 19.8. The standard InChI is InChI=1S/C24H27N2.C13H20O2.CH4.Ir/c1-15-5-7-19(8-6-15)20-9-10-22-23(14-20)26-24(18(4)25-22)21-12-16(2)11-17(3)13-21;14-12(10-5-1-2-6-10)9-13(15)11-7-3-4-8-11;;/h9-12,14-15,19H,5-8H2,1-4H3;9-11,14H,1-8H2;1H4;/q-1;;;. The van der Waals surface area contributed by atoms with E-state index in [4.69, 9.17) is 9.97 Å². The minimum absolute atomic E-state index is 0. The zero-order chi connectivity index (χ0) is 28.9. The van der Waals surface area contributed by atoms with Gasteiger partial charge in [-0.15, -0.1) is 34.9 Å². The van der Waals surface area contributed by atoms with Gasteiger partial charge in [-0.3, -0.25) is 14.8 Å². The molecule has 1 N–H and O–H groups in total. The Morgan fingerprint density at radius 2 is 1.47 bits per heavy atom. The molecular formula is C38H51IrN2O2-. The number of ketones is 1. The number of carbonyl (C=O) groups is 1. The van der Waals surface area contributed by atoms with Gasteiger partial charge in [-0.1, -0.05) is 72.8 Å². The Hall–Kier alpha value is -2.36. The van der Waals surface area contributed by atoms with Gasteiger partial charge in [0, 0.05) is 49.4 Å². The summed E-state index contributed by atoms with van der Waals surface area (Å²) in [5, 5.41) is 9.82. The van der Waals surface area contributed by atoms with E-state index < -0.39 is 0 Å². The average molecular weight is 760 g/mol. The summed E-state index contributed by atoms with van der Waals surface area (Å²) < 4.78 is 0. The predicted molar refractivity (Wildman–Crippen MR) is 175 cm³/mol. The Balaban J connectivity index is 0.000000256. The van der Waals surface area contributed by atoms with Crippen molar-refractivity contribution in [3.8, 4) is 11.3 Å². The molecular weight excluding hydrogens is 709 g/mol. The van der Waals surface area contributed by atoms with E-state index in [1.807, 2.05) is 6.92 Å². The van der Waals surface area contributed by atoms with Gasteiger partial charge in [-0.25, -0.2) is 0 Å².